The summed E-state index contributed by atoms with van der Waals surface area (Å²) in [6.45, 7) is 6.02. The lowest BCUT2D eigenvalue weighted by Gasteiger charge is -2.07. The minimum absolute atomic E-state index is 0.00555. The Morgan fingerprint density at radius 3 is 2.69 bits per heavy atom. The van der Waals surface area contributed by atoms with E-state index < -0.39 is 0 Å². The molecule has 0 radical (unpaired) electrons. The number of thiophene rings is 1. The molecule has 4 nitrogen and oxygen atoms in total. The molecule has 0 atom stereocenters. The van der Waals surface area contributed by atoms with E-state index in [2.05, 4.69) is 34.7 Å². The highest BCUT2D eigenvalue weighted by Crippen LogP contribution is 2.26. The Hall–Kier alpha value is -2.40. The van der Waals surface area contributed by atoms with E-state index in [0.29, 0.717) is 17.8 Å². The molecule has 3 rings (SSSR count). The van der Waals surface area contributed by atoms with Crippen LogP contribution in [0.3, 0.4) is 0 Å². The molecule has 5 heteroatoms. The molecule has 1 amide bonds. The first-order chi connectivity index (χ1) is 12.5. The first-order valence-electron chi connectivity index (χ1n) is 8.98. The number of nitrogens with one attached hydrogen (secondary N) is 2. The molecular formula is C21H24N2O2S. The van der Waals surface area contributed by atoms with Gasteiger partial charge in [0.05, 0.1) is 0 Å². The van der Waals surface area contributed by atoms with Gasteiger partial charge in [0.1, 0.15) is 5.69 Å². The van der Waals surface area contributed by atoms with E-state index in [0.717, 1.165) is 30.5 Å². The number of hydrogen-bond acceptors (Lipinski definition) is 3. The summed E-state index contributed by atoms with van der Waals surface area (Å²) in [7, 11) is 0. The molecular weight excluding hydrogens is 344 g/mol. The first kappa shape index (κ1) is 18.4. The number of ketones is 1. The molecule has 3 aromatic rings. The zero-order valence-corrected chi connectivity index (χ0v) is 16.3. The summed E-state index contributed by atoms with van der Waals surface area (Å²) >= 11 is 1.73. The van der Waals surface area contributed by atoms with Crippen LogP contribution in [0.4, 0.5) is 0 Å². The summed E-state index contributed by atoms with van der Waals surface area (Å²) in [6, 6.07) is 8.32. The van der Waals surface area contributed by atoms with E-state index in [1.165, 1.54) is 15.6 Å². The highest BCUT2D eigenvalue weighted by molar-refractivity contribution is 7.17. The highest BCUT2D eigenvalue weighted by atomic mass is 32.1. The van der Waals surface area contributed by atoms with Gasteiger partial charge in [0, 0.05) is 22.5 Å². The maximum Gasteiger partial charge on any atom is 0.268 e. The van der Waals surface area contributed by atoms with Crippen molar-refractivity contribution >= 4 is 33.1 Å². The van der Waals surface area contributed by atoms with Gasteiger partial charge in [-0.2, -0.15) is 0 Å². The number of aromatic amines is 1. The monoisotopic (exact) mass is 368 g/mol. The third-order valence-electron chi connectivity index (χ3n) is 4.61. The molecule has 0 fully saturated rings. The van der Waals surface area contributed by atoms with Gasteiger partial charge in [0.15, 0.2) is 5.78 Å². The van der Waals surface area contributed by atoms with Crippen molar-refractivity contribution in [2.75, 3.05) is 6.54 Å². The van der Waals surface area contributed by atoms with Gasteiger partial charge in [-0.15, -0.1) is 11.3 Å². The number of Topliss-reactive ketones (excluding diaryl/α,β-unsaturated/α-hetero) is 1. The molecule has 0 bridgehead atoms. The second kappa shape index (κ2) is 7.87. The van der Waals surface area contributed by atoms with Crippen LogP contribution < -0.4 is 5.32 Å². The summed E-state index contributed by atoms with van der Waals surface area (Å²) in [6.07, 6.45) is 2.40. The Morgan fingerprint density at radius 2 is 1.96 bits per heavy atom. The molecule has 0 aliphatic rings. The van der Waals surface area contributed by atoms with Crippen LogP contribution in [-0.4, -0.2) is 23.2 Å². The molecule has 136 valence electrons. The molecule has 0 unspecified atom stereocenters. The second-order valence-electron chi connectivity index (χ2n) is 6.55. The fourth-order valence-corrected chi connectivity index (χ4v) is 4.47. The van der Waals surface area contributed by atoms with E-state index in [1.54, 1.807) is 18.3 Å². The van der Waals surface area contributed by atoms with Crippen molar-refractivity contribution in [3.63, 3.8) is 0 Å². The van der Waals surface area contributed by atoms with Crippen LogP contribution in [0.2, 0.25) is 0 Å². The first-order valence-corrected chi connectivity index (χ1v) is 9.86. The third kappa shape index (κ3) is 3.58. The maximum atomic E-state index is 12.7. The quantitative estimate of drug-likeness (QED) is 0.596. The normalized spacial score (nSPS) is 11.0. The van der Waals surface area contributed by atoms with Crippen molar-refractivity contribution in [1.29, 1.82) is 0 Å². The molecule has 1 aromatic carbocycles. The Kier molecular flexibility index (Phi) is 5.57. The number of H-pyrrole nitrogens is 1. The van der Waals surface area contributed by atoms with E-state index in [4.69, 9.17) is 0 Å². The summed E-state index contributed by atoms with van der Waals surface area (Å²) in [5.74, 6) is -0.130. The largest absolute Gasteiger partial charge is 0.354 e. The number of benzene rings is 1. The minimum Gasteiger partial charge on any atom is -0.354 e. The number of carbonyl (C=O) groups is 2. The SMILES string of the molecule is CCCc1c(C(=O)NCCc2csc3ccccc23)[nH]c(C)c1C(C)=O. The van der Waals surface area contributed by atoms with Crippen molar-refractivity contribution in [2.24, 2.45) is 0 Å². The van der Waals surface area contributed by atoms with E-state index >= 15 is 0 Å². The van der Waals surface area contributed by atoms with Crippen LogP contribution in [0.5, 0.6) is 0 Å². The lowest BCUT2D eigenvalue weighted by molar-refractivity contribution is 0.0948. The number of carbonyl (C=O) groups excluding carboxylic acids is 2. The van der Waals surface area contributed by atoms with Gasteiger partial charge in [-0.25, -0.2) is 0 Å². The van der Waals surface area contributed by atoms with Gasteiger partial charge < -0.3 is 10.3 Å². The molecule has 2 aromatic heterocycles. The zero-order chi connectivity index (χ0) is 18.7. The Morgan fingerprint density at radius 1 is 1.19 bits per heavy atom. The number of hydrogen-bond donors (Lipinski definition) is 2. The number of aromatic nitrogens is 1. The number of fused-ring (bicyclic) bond motifs is 1. The van der Waals surface area contributed by atoms with E-state index in [9.17, 15) is 9.59 Å². The summed E-state index contributed by atoms with van der Waals surface area (Å²) in [5.41, 5.74) is 4.07. The lowest BCUT2D eigenvalue weighted by Crippen LogP contribution is -2.27. The molecule has 2 N–H and O–H groups in total. The molecule has 0 saturated carbocycles. The molecule has 0 aliphatic heterocycles. The fraction of sp³-hybridized carbons (Fsp3) is 0.333. The molecule has 0 saturated heterocycles. The van der Waals surface area contributed by atoms with Crippen LogP contribution in [0.25, 0.3) is 10.1 Å². The summed E-state index contributed by atoms with van der Waals surface area (Å²) in [4.78, 5) is 27.7. The van der Waals surface area contributed by atoms with Gasteiger partial charge in [0.25, 0.3) is 5.91 Å². The third-order valence-corrected chi connectivity index (χ3v) is 5.62. The van der Waals surface area contributed by atoms with Crippen LogP contribution in [0, 0.1) is 6.92 Å². The minimum atomic E-state index is -0.136. The topological polar surface area (TPSA) is 62.0 Å². The van der Waals surface area contributed by atoms with E-state index in [1.807, 2.05) is 19.1 Å². The highest BCUT2D eigenvalue weighted by Gasteiger charge is 2.21. The smallest absolute Gasteiger partial charge is 0.268 e. The Labute approximate surface area is 157 Å². The van der Waals surface area contributed by atoms with Gasteiger partial charge in [-0.1, -0.05) is 31.5 Å². The number of amides is 1. The average molecular weight is 369 g/mol. The van der Waals surface area contributed by atoms with Gasteiger partial charge in [-0.05, 0) is 54.6 Å². The van der Waals surface area contributed by atoms with Crippen LogP contribution >= 0.6 is 11.3 Å². The molecule has 26 heavy (non-hydrogen) atoms. The van der Waals surface area contributed by atoms with Gasteiger partial charge in [-0.3, -0.25) is 9.59 Å². The van der Waals surface area contributed by atoms with Crippen LogP contribution in [-0.2, 0) is 12.8 Å². The average Bonchev–Trinajstić information content (AvgIpc) is 3.16. The zero-order valence-electron chi connectivity index (χ0n) is 15.4. The molecule has 0 spiro atoms. The Balaban J connectivity index is 1.72. The predicted molar refractivity (Wildman–Crippen MR) is 107 cm³/mol. The van der Waals surface area contributed by atoms with Gasteiger partial charge >= 0.3 is 0 Å². The van der Waals surface area contributed by atoms with E-state index in [-0.39, 0.29) is 11.7 Å². The number of rotatable bonds is 7. The van der Waals surface area contributed by atoms with Crippen molar-refractivity contribution in [2.45, 2.75) is 40.0 Å². The summed E-state index contributed by atoms with van der Waals surface area (Å²) in [5, 5.41) is 6.42. The predicted octanol–water partition coefficient (Wildman–Crippen LogP) is 4.67. The maximum absolute atomic E-state index is 12.7. The van der Waals surface area contributed by atoms with Crippen molar-refractivity contribution in [3.8, 4) is 0 Å². The summed E-state index contributed by atoms with van der Waals surface area (Å²) < 4.78 is 1.27. The number of aryl methyl sites for hydroxylation is 1. The van der Waals surface area contributed by atoms with Crippen molar-refractivity contribution in [3.05, 3.63) is 57.7 Å². The van der Waals surface area contributed by atoms with Crippen molar-refractivity contribution in [1.82, 2.24) is 10.3 Å². The standard InChI is InChI=1S/C21H24N2O2S/c1-4-7-17-19(14(3)24)13(2)23-20(17)21(25)22-11-10-15-12-26-18-9-6-5-8-16(15)18/h5-6,8-9,12,23H,4,7,10-11H2,1-3H3,(H,22,25). The fourth-order valence-electron chi connectivity index (χ4n) is 3.47. The van der Waals surface area contributed by atoms with Crippen LogP contribution in [0.15, 0.2) is 29.6 Å². The lowest BCUT2D eigenvalue weighted by atomic mass is 10.0. The molecule has 2 heterocycles. The van der Waals surface area contributed by atoms with Crippen LogP contribution in [0.1, 0.15) is 57.9 Å². The Bertz CT molecular complexity index is 952. The second-order valence-corrected chi connectivity index (χ2v) is 7.46. The molecule has 0 aliphatic carbocycles. The van der Waals surface area contributed by atoms with Crippen molar-refractivity contribution < 1.29 is 9.59 Å². The van der Waals surface area contributed by atoms with Gasteiger partial charge in [0.2, 0.25) is 0 Å².